The maximum atomic E-state index is 11.7. The number of hydrogen-bond acceptors (Lipinski definition) is 2. The fourth-order valence-electron chi connectivity index (χ4n) is 1.38. The highest BCUT2D eigenvalue weighted by Crippen LogP contribution is 2.21. The van der Waals surface area contributed by atoms with Gasteiger partial charge in [0.25, 0.3) is 0 Å². The Labute approximate surface area is 111 Å². The zero-order valence-electron chi connectivity index (χ0n) is 10.5. The lowest BCUT2D eigenvalue weighted by molar-refractivity contribution is -0.116. The molecular formula is C13H19BrN2O. The molecule has 0 atom stereocenters. The minimum absolute atomic E-state index is 0.00438. The summed E-state index contributed by atoms with van der Waals surface area (Å²) in [6, 6.07) is 5.82. The van der Waals surface area contributed by atoms with E-state index in [-0.39, 0.29) is 11.4 Å². The van der Waals surface area contributed by atoms with Gasteiger partial charge < -0.3 is 11.1 Å². The van der Waals surface area contributed by atoms with E-state index in [1.54, 1.807) is 0 Å². The average Bonchev–Trinajstić information content (AvgIpc) is 2.20. The Morgan fingerprint density at radius 3 is 2.71 bits per heavy atom. The monoisotopic (exact) mass is 298 g/mol. The molecule has 0 saturated heterocycles. The van der Waals surface area contributed by atoms with Crippen LogP contribution in [0, 0.1) is 6.92 Å². The molecule has 3 nitrogen and oxygen atoms in total. The zero-order chi connectivity index (χ0) is 13.1. The summed E-state index contributed by atoms with van der Waals surface area (Å²) in [4.78, 5) is 11.7. The third-order valence-electron chi connectivity index (χ3n) is 2.47. The number of amides is 1. The molecule has 3 N–H and O–H groups in total. The topological polar surface area (TPSA) is 55.1 Å². The van der Waals surface area contributed by atoms with Crippen molar-refractivity contribution in [2.45, 2.75) is 39.2 Å². The molecule has 0 unspecified atom stereocenters. The Morgan fingerprint density at radius 1 is 1.47 bits per heavy atom. The molecule has 0 bridgehead atoms. The smallest absolute Gasteiger partial charge is 0.224 e. The van der Waals surface area contributed by atoms with E-state index >= 15 is 0 Å². The average molecular weight is 299 g/mol. The standard InChI is InChI=1S/C13H19BrN2O/c1-9-4-5-10(14)8-11(9)16-12(17)6-7-13(2,3)15/h4-5,8H,6-7,15H2,1-3H3,(H,16,17). The van der Waals surface area contributed by atoms with Crippen LogP contribution < -0.4 is 11.1 Å². The minimum atomic E-state index is -0.302. The summed E-state index contributed by atoms with van der Waals surface area (Å²) in [7, 11) is 0. The Hall–Kier alpha value is -0.870. The maximum Gasteiger partial charge on any atom is 0.224 e. The van der Waals surface area contributed by atoms with Crippen LogP contribution in [0.2, 0.25) is 0 Å². The van der Waals surface area contributed by atoms with Crippen molar-refractivity contribution in [3.63, 3.8) is 0 Å². The molecule has 0 aliphatic heterocycles. The molecule has 1 aromatic carbocycles. The molecule has 94 valence electrons. The van der Waals surface area contributed by atoms with Crippen LogP contribution in [0.5, 0.6) is 0 Å². The van der Waals surface area contributed by atoms with Crippen LogP contribution in [0.4, 0.5) is 5.69 Å². The lowest BCUT2D eigenvalue weighted by Crippen LogP contribution is -2.33. The van der Waals surface area contributed by atoms with E-state index in [9.17, 15) is 4.79 Å². The molecule has 0 spiro atoms. The summed E-state index contributed by atoms with van der Waals surface area (Å²) in [5.41, 5.74) is 7.44. The SMILES string of the molecule is Cc1ccc(Br)cc1NC(=O)CCC(C)(C)N. The van der Waals surface area contributed by atoms with Crippen LogP contribution in [0.15, 0.2) is 22.7 Å². The van der Waals surface area contributed by atoms with Gasteiger partial charge in [0.05, 0.1) is 0 Å². The molecule has 1 rings (SSSR count). The number of hydrogen-bond donors (Lipinski definition) is 2. The second kappa shape index (κ2) is 5.65. The van der Waals surface area contributed by atoms with Crippen LogP contribution in [0.25, 0.3) is 0 Å². The van der Waals surface area contributed by atoms with Crippen LogP contribution in [-0.2, 0) is 4.79 Å². The Kier molecular flexibility index (Phi) is 4.71. The van der Waals surface area contributed by atoms with E-state index in [1.807, 2.05) is 39.0 Å². The van der Waals surface area contributed by atoms with Crippen molar-refractivity contribution >= 4 is 27.5 Å². The maximum absolute atomic E-state index is 11.7. The van der Waals surface area contributed by atoms with Crippen molar-refractivity contribution in [2.75, 3.05) is 5.32 Å². The van der Waals surface area contributed by atoms with Crippen molar-refractivity contribution in [3.8, 4) is 0 Å². The fraction of sp³-hybridized carbons (Fsp3) is 0.462. The molecule has 0 heterocycles. The number of aryl methyl sites for hydroxylation is 1. The summed E-state index contributed by atoms with van der Waals surface area (Å²) in [5.74, 6) is 0.00438. The number of carbonyl (C=O) groups is 1. The summed E-state index contributed by atoms with van der Waals surface area (Å²) in [6.45, 7) is 5.81. The zero-order valence-corrected chi connectivity index (χ0v) is 12.1. The van der Waals surface area contributed by atoms with Gasteiger partial charge in [-0.3, -0.25) is 4.79 Å². The van der Waals surface area contributed by atoms with Crippen LogP contribution >= 0.6 is 15.9 Å². The highest BCUT2D eigenvalue weighted by atomic mass is 79.9. The Bertz CT molecular complexity index is 410. The van der Waals surface area contributed by atoms with E-state index in [0.29, 0.717) is 12.8 Å². The lowest BCUT2D eigenvalue weighted by atomic mass is 10.00. The van der Waals surface area contributed by atoms with Gasteiger partial charge in [-0.2, -0.15) is 0 Å². The molecule has 0 aliphatic carbocycles. The normalized spacial score (nSPS) is 11.4. The van der Waals surface area contributed by atoms with Crippen LogP contribution in [-0.4, -0.2) is 11.4 Å². The molecule has 1 amide bonds. The van der Waals surface area contributed by atoms with Crippen LogP contribution in [0.3, 0.4) is 0 Å². The molecule has 0 fully saturated rings. The second-order valence-corrected chi connectivity index (χ2v) is 5.91. The number of anilines is 1. The molecule has 17 heavy (non-hydrogen) atoms. The van der Waals surface area contributed by atoms with Gasteiger partial charge in [0.2, 0.25) is 5.91 Å². The van der Waals surface area contributed by atoms with Gasteiger partial charge >= 0.3 is 0 Å². The van der Waals surface area contributed by atoms with Crippen molar-refractivity contribution < 1.29 is 4.79 Å². The predicted octanol–water partition coefficient (Wildman–Crippen LogP) is 3.21. The summed E-state index contributed by atoms with van der Waals surface area (Å²) in [5, 5.41) is 2.90. The predicted molar refractivity (Wildman–Crippen MR) is 75.0 cm³/mol. The highest BCUT2D eigenvalue weighted by Gasteiger charge is 2.13. The number of benzene rings is 1. The number of nitrogens with two attached hydrogens (primary N) is 1. The van der Waals surface area contributed by atoms with Crippen molar-refractivity contribution in [1.29, 1.82) is 0 Å². The third kappa shape index (κ3) is 5.33. The van der Waals surface area contributed by atoms with E-state index in [1.165, 1.54) is 0 Å². The molecule has 4 heteroatoms. The third-order valence-corrected chi connectivity index (χ3v) is 2.96. The minimum Gasteiger partial charge on any atom is -0.326 e. The number of halogens is 1. The quantitative estimate of drug-likeness (QED) is 0.897. The van der Waals surface area contributed by atoms with Gasteiger partial charge in [-0.1, -0.05) is 22.0 Å². The molecule has 1 aromatic rings. The van der Waals surface area contributed by atoms with Gasteiger partial charge in [-0.15, -0.1) is 0 Å². The Morgan fingerprint density at radius 2 is 2.12 bits per heavy atom. The van der Waals surface area contributed by atoms with Gasteiger partial charge in [-0.25, -0.2) is 0 Å². The van der Waals surface area contributed by atoms with E-state index in [0.717, 1.165) is 15.7 Å². The first kappa shape index (κ1) is 14.2. The Balaban J connectivity index is 2.59. The van der Waals surface area contributed by atoms with Crippen molar-refractivity contribution in [1.82, 2.24) is 0 Å². The lowest BCUT2D eigenvalue weighted by Gasteiger charge is -2.17. The number of nitrogens with one attached hydrogen (secondary N) is 1. The van der Waals surface area contributed by atoms with Crippen molar-refractivity contribution in [2.24, 2.45) is 5.73 Å². The molecular weight excluding hydrogens is 280 g/mol. The second-order valence-electron chi connectivity index (χ2n) is 5.00. The summed E-state index contributed by atoms with van der Waals surface area (Å²) >= 11 is 3.39. The molecule has 0 saturated carbocycles. The first-order chi connectivity index (χ1) is 7.78. The van der Waals surface area contributed by atoms with E-state index in [2.05, 4.69) is 21.2 Å². The fourth-order valence-corrected chi connectivity index (χ4v) is 1.74. The van der Waals surface area contributed by atoms with Crippen molar-refractivity contribution in [3.05, 3.63) is 28.2 Å². The molecule has 0 radical (unpaired) electrons. The molecule has 0 aliphatic rings. The van der Waals surface area contributed by atoms with Gasteiger partial charge in [-0.05, 0) is 44.9 Å². The number of carbonyl (C=O) groups excluding carboxylic acids is 1. The largest absolute Gasteiger partial charge is 0.326 e. The van der Waals surface area contributed by atoms with E-state index < -0.39 is 0 Å². The first-order valence-corrected chi connectivity index (χ1v) is 6.42. The highest BCUT2D eigenvalue weighted by molar-refractivity contribution is 9.10. The number of rotatable bonds is 4. The van der Waals surface area contributed by atoms with E-state index in [4.69, 9.17) is 5.73 Å². The summed E-state index contributed by atoms with van der Waals surface area (Å²) < 4.78 is 0.956. The van der Waals surface area contributed by atoms with Gasteiger partial charge in [0, 0.05) is 22.1 Å². The van der Waals surface area contributed by atoms with Gasteiger partial charge in [0.15, 0.2) is 0 Å². The molecule has 0 aromatic heterocycles. The van der Waals surface area contributed by atoms with Crippen LogP contribution in [0.1, 0.15) is 32.3 Å². The van der Waals surface area contributed by atoms with Gasteiger partial charge in [0.1, 0.15) is 0 Å². The first-order valence-electron chi connectivity index (χ1n) is 5.63. The summed E-state index contributed by atoms with van der Waals surface area (Å²) in [6.07, 6.45) is 1.11.